The SMILES string of the molecule is c1ccc(CNC[C@@H]2CCCn3ccnc32)nc1. The summed E-state index contributed by atoms with van der Waals surface area (Å²) >= 11 is 0. The van der Waals surface area contributed by atoms with Crippen LogP contribution in [-0.4, -0.2) is 21.1 Å². The van der Waals surface area contributed by atoms with Gasteiger partial charge in [-0.2, -0.15) is 0 Å². The van der Waals surface area contributed by atoms with E-state index in [1.807, 2.05) is 24.5 Å². The van der Waals surface area contributed by atoms with Crippen LogP contribution in [-0.2, 0) is 13.1 Å². The van der Waals surface area contributed by atoms with Gasteiger partial charge in [-0.1, -0.05) is 6.07 Å². The zero-order chi connectivity index (χ0) is 12.2. The molecule has 0 amide bonds. The third kappa shape index (κ3) is 2.43. The maximum atomic E-state index is 4.47. The second-order valence-electron chi connectivity index (χ2n) is 4.77. The normalized spacial score (nSPS) is 18.6. The molecule has 0 spiro atoms. The van der Waals surface area contributed by atoms with Crippen LogP contribution in [0.5, 0.6) is 0 Å². The first kappa shape index (κ1) is 11.4. The highest BCUT2D eigenvalue weighted by atomic mass is 15.1. The lowest BCUT2D eigenvalue weighted by molar-refractivity contribution is 0.422. The zero-order valence-electron chi connectivity index (χ0n) is 10.4. The van der Waals surface area contributed by atoms with Crippen molar-refractivity contribution in [2.45, 2.75) is 31.8 Å². The molecule has 94 valence electrons. The standard InChI is InChI=1S/C14H18N4/c1-2-6-16-13(5-1)11-15-10-12-4-3-8-18-9-7-17-14(12)18/h1-2,5-7,9,12,15H,3-4,8,10-11H2/t12-/m0/s1. The van der Waals surface area contributed by atoms with E-state index in [2.05, 4.69) is 32.1 Å². The van der Waals surface area contributed by atoms with Crippen LogP contribution in [0.3, 0.4) is 0 Å². The van der Waals surface area contributed by atoms with Gasteiger partial charge in [0.25, 0.3) is 0 Å². The van der Waals surface area contributed by atoms with Crippen LogP contribution in [0.1, 0.15) is 30.3 Å². The predicted octanol–water partition coefficient (Wildman–Crippen LogP) is 1.95. The molecule has 2 aromatic rings. The van der Waals surface area contributed by atoms with Crippen molar-refractivity contribution in [3.8, 4) is 0 Å². The van der Waals surface area contributed by atoms with E-state index < -0.39 is 0 Å². The lowest BCUT2D eigenvalue weighted by Crippen LogP contribution is -2.26. The van der Waals surface area contributed by atoms with Gasteiger partial charge in [0.15, 0.2) is 0 Å². The van der Waals surface area contributed by atoms with E-state index in [1.54, 1.807) is 0 Å². The van der Waals surface area contributed by atoms with Crippen molar-refractivity contribution in [3.05, 3.63) is 48.3 Å². The first-order valence-electron chi connectivity index (χ1n) is 6.55. The first-order chi connectivity index (χ1) is 8.93. The number of nitrogens with one attached hydrogen (secondary N) is 1. The number of hydrogen-bond donors (Lipinski definition) is 1. The predicted molar refractivity (Wildman–Crippen MR) is 70.1 cm³/mol. The number of nitrogens with zero attached hydrogens (tertiary/aromatic N) is 3. The van der Waals surface area contributed by atoms with Gasteiger partial charge in [-0.25, -0.2) is 4.98 Å². The monoisotopic (exact) mass is 242 g/mol. The number of aromatic nitrogens is 3. The molecule has 0 bridgehead atoms. The van der Waals surface area contributed by atoms with Crippen LogP contribution < -0.4 is 5.32 Å². The Labute approximate surface area is 107 Å². The molecular weight excluding hydrogens is 224 g/mol. The summed E-state index contributed by atoms with van der Waals surface area (Å²) in [6.07, 6.45) is 8.31. The third-order valence-corrected chi connectivity index (χ3v) is 3.49. The second-order valence-corrected chi connectivity index (χ2v) is 4.77. The van der Waals surface area contributed by atoms with E-state index in [0.717, 1.165) is 25.3 Å². The van der Waals surface area contributed by atoms with Gasteiger partial charge < -0.3 is 9.88 Å². The Morgan fingerprint density at radius 1 is 1.28 bits per heavy atom. The fraction of sp³-hybridized carbons (Fsp3) is 0.429. The molecular formula is C14H18N4. The number of fused-ring (bicyclic) bond motifs is 1. The van der Waals surface area contributed by atoms with Crippen LogP contribution in [0.25, 0.3) is 0 Å². The summed E-state index contributed by atoms with van der Waals surface area (Å²) < 4.78 is 2.27. The Balaban J connectivity index is 1.56. The van der Waals surface area contributed by atoms with E-state index in [0.29, 0.717) is 5.92 Å². The van der Waals surface area contributed by atoms with Gasteiger partial charge in [0, 0.05) is 44.1 Å². The molecule has 4 nitrogen and oxygen atoms in total. The molecule has 1 atom stereocenters. The summed E-state index contributed by atoms with van der Waals surface area (Å²) in [5.74, 6) is 1.77. The van der Waals surface area contributed by atoms with Crippen molar-refractivity contribution in [2.75, 3.05) is 6.54 Å². The van der Waals surface area contributed by atoms with Crippen molar-refractivity contribution in [1.82, 2.24) is 19.9 Å². The number of pyridine rings is 1. The van der Waals surface area contributed by atoms with Gasteiger partial charge >= 0.3 is 0 Å². The molecule has 4 heteroatoms. The molecule has 0 unspecified atom stereocenters. The van der Waals surface area contributed by atoms with E-state index in [-0.39, 0.29) is 0 Å². The molecule has 0 aliphatic carbocycles. The van der Waals surface area contributed by atoms with Crippen molar-refractivity contribution >= 4 is 0 Å². The summed E-state index contributed by atoms with van der Waals surface area (Å²) in [6.45, 7) is 2.93. The lowest BCUT2D eigenvalue weighted by atomic mass is 9.99. The highest BCUT2D eigenvalue weighted by molar-refractivity contribution is 5.06. The maximum absolute atomic E-state index is 4.47. The number of imidazole rings is 1. The minimum atomic E-state index is 0.539. The molecule has 0 fully saturated rings. The summed E-state index contributed by atoms with van der Waals surface area (Å²) in [7, 11) is 0. The van der Waals surface area contributed by atoms with Crippen molar-refractivity contribution in [3.63, 3.8) is 0 Å². The van der Waals surface area contributed by atoms with Crippen LogP contribution >= 0.6 is 0 Å². The fourth-order valence-electron chi connectivity index (χ4n) is 2.58. The highest BCUT2D eigenvalue weighted by Gasteiger charge is 2.20. The van der Waals surface area contributed by atoms with Gasteiger partial charge in [-0.05, 0) is 25.0 Å². The van der Waals surface area contributed by atoms with Crippen molar-refractivity contribution < 1.29 is 0 Å². The maximum Gasteiger partial charge on any atom is 0.113 e. The molecule has 1 aliphatic heterocycles. The van der Waals surface area contributed by atoms with Gasteiger partial charge in [0.05, 0.1) is 5.69 Å². The fourth-order valence-corrected chi connectivity index (χ4v) is 2.58. The molecule has 2 aromatic heterocycles. The molecule has 1 N–H and O–H groups in total. The first-order valence-corrected chi connectivity index (χ1v) is 6.55. The molecule has 1 aliphatic rings. The quantitative estimate of drug-likeness (QED) is 0.891. The average Bonchev–Trinajstić information content (AvgIpc) is 2.89. The topological polar surface area (TPSA) is 42.7 Å². The van der Waals surface area contributed by atoms with Gasteiger partial charge in [0.2, 0.25) is 0 Å². The Bertz CT molecular complexity index is 492. The van der Waals surface area contributed by atoms with E-state index >= 15 is 0 Å². The molecule has 3 rings (SSSR count). The third-order valence-electron chi connectivity index (χ3n) is 3.49. The minimum absolute atomic E-state index is 0.539. The summed E-state index contributed by atoms with van der Waals surface area (Å²) in [5, 5.41) is 3.49. The van der Waals surface area contributed by atoms with E-state index in [9.17, 15) is 0 Å². The summed E-state index contributed by atoms with van der Waals surface area (Å²) in [5.41, 5.74) is 1.09. The Morgan fingerprint density at radius 2 is 2.28 bits per heavy atom. The van der Waals surface area contributed by atoms with Crippen LogP contribution in [0.2, 0.25) is 0 Å². The molecule has 0 saturated carbocycles. The highest BCUT2D eigenvalue weighted by Crippen LogP contribution is 2.24. The Morgan fingerprint density at radius 3 is 3.17 bits per heavy atom. The van der Waals surface area contributed by atoms with Crippen LogP contribution in [0.15, 0.2) is 36.8 Å². The summed E-state index contributed by atoms with van der Waals surface area (Å²) in [4.78, 5) is 8.78. The van der Waals surface area contributed by atoms with Crippen molar-refractivity contribution in [1.29, 1.82) is 0 Å². The minimum Gasteiger partial charge on any atom is -0.335 e. The molecule has 0 radical (unpaired) electrons. The van der Waals surface area contributed by atoms with Crippen LogP contribution in [0, 0.1) is 0 Å². The molecule has 0 saturated heterocycles. The molecule has 3 heterocycles. The lowest BCUT2D eigenvalue weighted by Gasteiger charge is -2.23. The average molecular weight is 242 g/mol. The zero-order valence-corrected chi connectivity index (χ0v) is 10.4. The Hall–Kier alpha value is -1.68. The number of rotatable bonds is 4. The summed E-state index contributed by atoms with van der Waals surface area (Å²) in [6, 6.07) is 6.02. The van der Waals surface area contributed by atoms with Crippen molar-refractivity contribution in [2.24, 2.45) is 0 Å². The van der Waals surface area contributed by atoms with Gasteiger partial charge in [-0.15, -0.1) is 0 Å². The van der Waals surface area contributed by atoms with E-state index in [1.165, 1.54) is 18.7 Å². The largest absolute Gasteiger partial charge is 0.335 e. The van der Waals surface area contributed by atoms with Crippen LogP contribution in [0.4, 0.5) is 0 Å². The number of hydrogen-bond acceptors (Lipinski definition) is 3. The molecule has 18 heavy (non-hydrogen) atoms. The van der Waals surface area contributed by atoms with Gasteiger partial charge in [0.1, 0.15) is 5.82 Å². The van der Waals surface area contributed by atoms with Gasteiger partial charge in [-0.3, -0.25) is 4.98 Å². The smallest absolute Gasteiger partial charge is 0.113 e. The molecule has 0 aromatic carbocycles. The number of aryl methyl sites for hydroxylation is 1. The second kappa shape index (κ2) is 5.31. The Kier molecular flexibility index (Phi) is 3.37. The van der Waals surface area contributed by atoms with E-state index in [4.69, 9.17) is 0 Å².